The van der Waals surface area contributed by atoms with Gasteiger partial charge < -0.3 is 24.7 Å². The quantitative estimate of drug-likeness (QED) is 0.861. The Bertz CT molecular complexity index is 720. The van der Waals surface area contributed by atoms with Gasteiger partial charge in [-0.1, -0.05) is 22.0 Å². The molecule has 3 rings (SSSR count). The molecule has 2 aromatic carbocycles. The predicted molar refractivity (Wildman–Crippen MR) is 90.4 cm³/mol. The number of methoxy groups -OCH3 is 2. The van der Waals surface area contributed by atoms with Crippen molar-refractivity contribution in [2.75, 3.05) is 21.0 Å². The van der Waals surface area contributed by atoms with Gasteiger partial charge in [-0.15, -0.1) is 0 Å². The Morgan fingerprint density at radius 2 is 1.78 bits per heavy atom. The lowest BCUT2D eigenvalue weighted by molar-refractivity contribution is 0.174. The summed E-state index contributed by atoms with van der Waals surface area (Å²) in [4.78, 5) is 0. The first kappa shape index (κ1) is 16.0. The lowest BCUT2D eigenvalue weighted by atomic mass is 9.99. The van der Waals surface area contributed by atoms with Crippen LogP contribution in [0.1, 0.15) is 17.2 Å². The van der Waals surface area contributed by atoms with Gasteiger partial charge in [0.05, 0.1) is 14.2 Å². The summed E-state index contributed by atoms with van der Waals surface area (Å²) >= 11 is 3.57. The minimum Gasteiger partial charge on any atom is -0.493 e. The number of ether oxygens (including phenoxy) is 4. The number of benzene rings is 2. The molecule has 1 heterocycles. The van der Waals surface area contributed by atoms with Crippen molar-refractivity contribution in [3.8, 4) is 23.0 Å². The summed E-state index contributed by atoms with van der Waals surface area (Å²) in [7, 11) is 3.23. The zero-order valence-corrected chi connectivity index (χ0v) is 14.6. The number of rotatable bonds is 5. The minimum atomic E-state index is -0.168. The molecule has 6 heteroatoms. The number of nitrogens with two attached hydrogens (primary N) is 1. The zero-order valence-electron chi connectivity index (χ0n) is 13.0. The molecule has 5 nitrogen and oxygen atoms in total. The van der Waals surface area contributed by atoms with E-state index in [4.69, 9.17) is 24.7 Å². The van der Waals surface area contributed by atoms with E-state index in [0.717, 1.165) is 27.1 Å². The van der Waals surface area contributed by atoms with Gasteiger partial charge in [0.25, 0.3) is 0 Å². The highest BCUT2D eigenvalue weighted by molar-refractivity contribution is 9.10. The molecule has 1 unspecified atom stereocenters. The molecule has 0 spiro atoms. The third-order valence-corrected chi connectivity index (χ3v) is 4.56. The van der Waals surface area contributed by atoms with Crippen LogP contribution in [0.2, 0.25) is 0 Å². The lowest BCUT2D eigenvalue weighted by Gasteiger charge is -2.16. The van der Waals surface area contributed by atoms with Gasteiger partial charge in [-0.25, -0.2) is 0 Å². The summed E-state index contributed by atoms with van der Waals surface area (Å²) in [6.45, 7) is 0.259. The third-order valence-electron chi connectivity index (χ3n) is 3.82. The second kappa shape index (κ2) is 6.68. The van der Waals surface area contributed by atoms with Crippen molar-refractivity contribution < 1.29 is 18.9 Å². The fourth-order valence-corrected chi connectivity index (χ4v) is 3.04. The van der Waals surface area contributed by atoms with Gasteiger partial charge in [0.1, 0.15) is 0 Å². The van der Waals surface area contributed by atoms with E-state index in [9.17, 15) is 0 Å². The molecule has 1 atom stereocenters. The van der Waals surface area contributed by atoms with Crippen LogP contribution in [0.4, 0.5) is 0 Å². The minimum absolute atomic E-state index is 0.168. The molecular weight excluding hydrogens is 362 g/mol. The highest BCUT2D eigenvalue weighted by atomic mass is 79.9. The number of halogens is 1. The van der Waals surface area contributed by atoms with Gasteiger partial charge in [0, 0.05) is 10.5 Å². The second-order valence-corrected chi connectivity index (χ2v) is 6.08. The van der Waals surface area contributed by atoms with Gasteiger partial charge in [0.15, 0.2) is 23.0 Å². The number of hydrogen-bond donors (Lipinski definition) is 1. The van der Waals surface area contributed by atoms with Gasteiger partial charge in [-0.05, 0) is 41.8 Å². The first-order valence-electron chi connectivity index (χ1n) is 7.18. The van der Waals surface area contributed by atoms with E-state index in [2.05, 4.69) is 15.9 Å². The molecule has 0 fully saturated rings. The fraction of sp³-hybridized carbons (Fsp3) is 0.294. The van der Waals surface area contributed by atoms with Crippen molar-refractivity contribution in [1.82, 2.24) is 0 Å². The standard InChI is InChI=1S/C17H18BrNO4/c1-20-15-7-11(12(18)8-16(15)21-2)5-13(19)10-3-4-14-17(6-10)23-9-22-14/h3-4,6-8,13H,5,9,19H2,1-2H3. The molecule has 2 N–H and O–H groups in total. The van der Waals surface area contributed by atoms with Crippen LogP contribution in [0.3, 0.4) is 0 Å². The van der Waals surface area contributed by atoms with Crippen LogP contribution in [0.25, 0.3) is 0 Å². The van der Waals surface area contributed by atoms with Gasteiger partial charge in [0.2, 0.25) is 6.79 Å². The van der Waals surface area contributed by atoms with Crippen molar-refractivity contribution >= 4 is 15.9 Å². The molecule has 122 valence electrons. The van der Waals surface area contributed by atoms with Crippen LogP contribution in [0, 0.1) is 0 Å². The Hall–Kier alpha value is -1.92. The van der Waals surface area contributed by atoms with Gasteiger partial charge >= 0.3 is 0 Å². The van der Waals surface area contributed by atoms with E-state index in [1.807, 2.05) is 30.3 Å². The Morgan fingerprint density at radius 1 is 1.09 bits per heavy atom. The topological polar surface area (TPSA) is 62.9 Å². The highest BCUT2D eigenvalue weighted by Gasteiger charge is 2.18. The van der Waals surface area contributed by atoms with Crippen LogP contribution in [-0.2, 0) is 6.42 Å². The summed E-state index contributed by atoms with van der Waals surface area (Å²) in [6, 6.07) is 9.45. The normalized spacial score (nSPS) is 13.7. The maximum absolute atomic E-state index is 6.36. The van der Waals surface area contributed by atoms with E-state index in [1.54, 1.807) is 14.2 Å². The van der Waals surface area contributed by atoms with E-state index in [-0.39, 0.29) is 12.8 Å². The first-order chi connectivity index (χ1) is 11.1. The molecule has 0 bridgehead atoms. The molecule has 23 heavy (non-hydrogen) atoms. The molecule has 0 amide bonds. The molecule has 1 aliphatic heterocycles. The molecule has 0 saturated heterocycles. The Labute approximate surface area is 143 Å². The Kier molecular flexibility index (Phi) is 4.63. The maximum Gasteiger partial charge on any atom is 0.231 e. The molecule has 0 radical (unpaired) electrons. The van der Waals surface area contributed by atoms with Crippen LogP contribution >= 0.6 is 15.9 Å². The first-order valence-corrected chi connectivity index (χ1v) is 7.97. The Morgan fingerprint density at radius 3 is 2.52 bits per heavy atom. The van der Waals surface area contributed by atoms with E-state index < -0.39 is 0 Å². The fourth-order valence-electron chi connectivity index (χ4n) is 2.55. The van der Waals surface area contributed by atoms with Crippen molar-refractivity contribution in [3.05, 3.63) is 45.9 Å². The lowest BCUT2D eigenvalue weighted by Crippen LogP contribution is -2.13. The molecule has 0 aliphatic carbocycles. The summed E-state index contributed by atoms with van der Waals surface area (Å²) < 4.78 is 22.3. The average molecular weight is 380 g/mol. The van der Waals surface area contributed by atoms with Crippen molar-refractivity contribution in [2.45, 2.75) is 12.5 Å². The number of hydrogen-bond acceptors (Lipinski definition) is 5. The average Bonchev–Trinajstić information content (AvgIpc) is 3.03. The smallest absolute Gasteiger partial charge is 0.231 e. The van der Waals surface area contributed by atoms with Crippen LogP contribution in [0.15, 0.2) is 34.8 Å². The van der Waals surface area contributed by atoms with E-state index in [0.29, 0.717) is 17.9 Å². The molecular formula is C17H18BrNO4. The largest absolute Gasteiger partial charge is 0.493 e. The highest BCUT2D eigenvalue weighted by Crippen LogP contribution is 2.37. The third kappa shape index (κ3) is 3.23. The van der Waals surface area contributed by atoms with Gasteiger partial charge in [-0.3, -0.25) is 0 Å². The second-order valence-electron chi connectivity index (χ2n) is 5.22. The van der Waals surface area contributed by atoms with Crippen molar-refractivity contribution in [2.24, 2.45) is 5.73 Å². The molecule has 0 saturated carbocycles. The zero-order chi connectivity index (χ0) is 16.4. The van der Waals surface area contributed by atoms with E-state index >= 15 is 0 Å². The monoisotopic (exact) mass is 379 g/mol. The summed E-state index contributed by atoms with van der Waals surface area (Å²) in [5.41, 5.74) is 8.41. The van der Waals surface area contributed by atoms with E-state index in [1.165, 1.54) is 0 Å². The van der Waals surface area contributed by atoms with Crippen molar-refractivity contribution in [1.29, 1.82) is 0 Å². The number of fused-ring (bicyclic) bond motifs is 1. The summed E-state index contributed by atoms with van der Waals surface area (Å²) in [5.74, 6) is 2.86. The SMILES string of the molecule is COc1cc(Br)c(CC(N)c2ccc3c(c2)OCO3)cc1OC. The maximum atomic E-state index is 6.36. The van der Waals surface area contributed by atoms with Crippen molar-refractivity contribution in [3.63, 3.8) is 0 Å². The molecule has 1 aliphatic rings. The Balaban J connectivity index is 1.83. The van der Waals surface area contributed by atoms with Crippen LogP contribution < -0.4 is 24.7 Å². The summed E-state index contributed by atoms with van der Waals surface area (Å²) in [5, 5.41) is 0. The van der Waals surface area contributed by atoms with Crippen LogP contribution in [0.5, 0.6) is 23.0 Å². The molecule has 0 aromatic heterocycles. The predicted octanol–water partition coefficient (Wildman–Crippen LogP) is 3.44. The summed E-state index contributed by atoms with van der Waals surface area (Å²) in [6.07, 6.45) is 0.653. The van der Waals surface area contributed by atoms with Crippen LogP contribution in [-0.4, -0.2) is 21.0 Å². The van der Waals surface area contributed by atoms with Gasteiger partial charge in [-0.2, -0.15) is 0 Å². The molecule has 2 aromatic rings.